The van der Waals surface area contributed by atoms with Gasteiger partial charge >= 0.3 is 0 Å². The average molecular weight is 315 g/mol. The third kappa shape index (κ3) is 4.68. The van der Waals surface area contributed by atoms with Crippen LogP contribution in [-0.4, -0.2) is 23.4 Å². The van der Waals surface area contributed by atoms with Crippen molar-refractivity contribution >= 4 is 18.3 Å². The van der Waals surface area contributed by atoms with Gasteiger partial charge in [-0.15, -0.1) is 12.4 Å². The molecule has 1 heterocycles. The van der Waals surface area contributed by atoms with Crippen LogP contribution in [0.1, 0.15) is 44.7 Å². The van der Waals surface area contributed by atoms with Gasteiger partial charge in [0.2, 0.25) is 5.91 Å². The number of carbonyl (C=O) groups excluding carboxylic acids is 1. The van der Waals surface area contributed by atoms with Crippen LogP contribution in [0.25, 0.3) is 0 Å². The number of hydrogen-bond acceptors (Lipinski definition) is 2. The number of hydrogen-bond donors (Lipinski definition) is 1. The molecule has 118 valence electrons. The highest BCUT2D eigenvalue weighted by Crippen LogP contribution is 2.35. The van der Waals surface area contributed by atoms with E-state index in [0.717, 1.165) is 18.5 Å². The highest BCUT2D eigenvalue weighted by Gasteiger charge is 2.33. The van der Waals surface area contributed by atoms with Crippen molar-refractivity contribution in [2.24, 2.45) is 11.7 Å². The summed E-state index contributed by atoms with van der Waals surface area (Å²) in [6, 6.07) is 6.61. The maximum Gasteiger partial charge on any atom is 0.223 e. The van der Waals surface area contributed by atoms with Crippen LogP contribution in [-0.2, 0) is 4.79 Å². The first-order valence-electron chi connectivity index (χ1n) is 7.28. The normalized spacial score (nSPS) is 22.8. The van der Waals surface area contributed by atoms with Crippen LogP contribution in [0.3, 0.4) is 0 Å². The van der Waals surface area contributed by atoms with Crippen LogP contribution in [0.4, 0.5) is 4.39 Å². The highest BCUT2D eigenvalue weighted by atomic mass is 35.5. The summed E-state index contributed by atoms with van der Waals surface area (Å²) in [5.74, 6) is 0.327. The molecule has 2 N–H and O–H groups in total. The van der Waals surface area contributed by atoms with E-state index in [4.69, 9.17) is 5.73 Å². The van der Waals surface area contributed by atoms with Gasteiger partial charge in [0, 0.05) is 19.0 Å². The first kappa shape index (κ1) is 17.9. The molecule has 3 unspecified atom stereocenters. The Morgan fingerprint density at radius 3 is 2.86 bits per heavy atom. The number of halogens is 2. The minimum absolute atomic E-state index is 0. The van der Waals surface area contributed by atoms with Crippen LogP contribution in [0.5, 0.6) is 0 Å². The average Bonchev–Trinajstić information content (AvgIpc) is 2.78. The van der Waals surface area contributed by atoms with Gasteiger partial charge in [-0.05, 0) is 43.4 Å². The van der Waals surface area contributed by atoms with E-state index in [9.17, 15) is 9.18 Å². The van der Waals surface area contributed by atoms with Crippen LogP contribution < -0.4 is 5.73 Å². The molecule has 1 aromatic carbocycles. The van der Waals surface area contributed by atoms with Gasteiger partial charge in [-0.2, -0.15) is 0 Å². The van der Waals surface area contributed by atoms with E-state index in [1.54, 1.807) is 6.07 Å². The Hall–Kier alpha value is -1.13. The Bertz CT molecular complexity index is 481. The molecule has 0 aliphatic carbocycles. The van der Waals surface area contributed by atoms with E-state index in [1.807, 2.05) is 17.9 Å². The smallest absolute Gasteiger partial charge is 0.223 e. The Labute approximate surface area is 132 Å². The zero-order valence-corrected chi connectivity index (χ0v) is 13.4. The summed E-state index contributed by atoms with van der Waals surface area (Å²) >= 11 is 0. The summed E-state index contributed by atoms with van der Waals surface area (Å²) in [7, 11) is 0. The molecule has 2 rings (SSSR count). The molecule has 5 heteroatoms. The Morgan fingerprint density at radius 2 is 2.24 bits per heavy atom. The molecule has 0 spiro atoms. The monoisotopic (exact) mass is 314 g/mol. The second-order valence-corrected chi connectivity index (χ2v) is 5.97. The Morgan fingerprint density at radius 1 is 1.52 bits per heavy atom. The summed E-state index contributed by atoms with van der Waals surface area (Å²) in [6.07, 6.45) is 2.06. The van der Waals surface area contributed by atoms with E-state index in [2.05, 4.69) is 6.92 Å². The minimum Gasteiger partial charge on any atom is -0.335 e. The quantitative estimate of drug-likeness (QED) is 0.927. The number of likely N-dealkylation sites (tertiary alicyclic amines) is 1. The van der Waals surface area contributed by atoms with E-state index >= 15 is 0 Å². The molecule has 0 aromatic heterocycles. The minimum atomic E-state index is -0.245. The number of nitrogens with two attached hydrogens (primary N) is 1. The summed E-state index contributed by atoms with van der Waals surface area (Å²) < 4.78 is 13.4. The number of benzene rings is 1. The SMILES string of the molecule is CC(N)CCC(=O)N1CC(C)CC1c1cccc(F)c1.Cl. The Kier molecular flexibility index (Phi) is 6.62. The number of rotatable bonds is 4. The lowest BCUT2D eigenvalue weighted by Crippen LogP contribution is -2.32. The molecule has 0 radical (unpaired) electrons. The lowest BCUT2D eigenvalue weighted by atomic mass is 10.0. The lowest BCUT2D eigenvalue weighted by molar-refractivity contribution is -0.132. The second-order valence-electron chi connectivity index (χ2n) is 5.97. The van der Waals surface area contributed by atoms with Gasteiger partial charge in [0.05, 0.1) is 6.04 Å². The van der Waals surface area contributed by atoms with Crippen LogP contribution in [0.15, 0.2) is 24.3 Å². The molecule has 1 aromatic rings. The fourth-order valence-electron chi connectivity index (χ4n) is 2.85. The van der Waals surface area contributed by atoms with Crippen molar-refractivity contribution in [1.82, 2.24) is 4.90 Å². The number of nitrogens with zero attached hydrogens (tertiary/aromatic N) is 1. The fourth-order valence-corrected chi connectivity index (χ4v) is 2.85. The van der Waals surface area contributed by atoms with Crippen molar-refractivity contribution in [3.8, 4) is 0 Å². The first-order valence-corrected chi connectivity index (χ1v) is 7.28. The predicted octanol–water partition coefficient (Wildman–Crippen LogP) is 3.28. The van der Waals surface area contributed by atoms with Gasteiger partial charge in [0.15, 0.2) is 0 Å². The highest BCUT2D eigenvalue weighted by molar-refractivity contribution is 5.85. The van der Waals surface area contributed by atoms with Crippen molar-refractivity contribution < 1.29 is 9.18 Å². The molecule has 21 heavy (non-hydrogen) atoms. The molecular formula is C16H24ClFN2O. The number of amides is 1. The summed E-state index contributed by atoms with van der Waals surface area (Å²) in [5.41, 5.74) is 6.60. The van der Waals surface area contributed by atoms with Crippen molar-refractivity contribution in [2.45, 2.75) is 45.2 Å². The van der Waals surface area contributed by atoms with Crippen LogP contribution in [0, 0.1) is 11.7 Å². The van der Waals surface area contributed by atoms with Gasteiger partial charge in [0.25, 0.3) is 0 Å². The predicted molar refractivity (Wildman–Crippen MR) is 84.8 cm³/mol. The molecule has 1 amide bonds. The van der Waals surface area contributed by atoms with E-state index in [1.165, 1.54) is 12.1 Å². The van der Waals surface area contributed by atoms with Crippen molar-refractivity contribution in [3.63, 3.8) is 0 Å². The van der Waals surface area contributed by atoms with Gasteiger partial charge in [-0.1, -0.05) is 19.1 Å². The second kappa shape index (κ2) is 7.76. The molecule has 1 aliphatic rings. The maximum absolute atomic E-state index is 13.4. The topological polar surface area (TPSA) is 46.3 Å². The zero-order valence-electron chi connectivity index (χ0n) is 12.6. The van der Waals surface area contributed by atoms with Crippen LogP contribution in [0.2, 0.25) is 0 Å². The first-order chi connectivity index (χ1) is 9.47. The van der Waals surface area contributed by atoms with Crippen molar-refractivity contribution in [2.75, 3.05) is 6.54 Å². The standard InChI is InChI=1S/C16H23FN2O.ClH/c1-11-8-15(13-4-3-5-14(17)9-13)19(10-11)16(20)7-6-12(2)18;/h3-5,9,11-12,15H,6-8,10,18H2,1-2H3;1H. The number of carbonyl (C=O) groups is 1. The summed E-state index contributed by atoms with van der Waals surface area (Å²) in [4.78, 5) is 14.2. The fraction of sp³-hybridized carbons (Fsp3) is 0.562. The zero-order chi connectivity index (χ0) is 14.7. The third-order valence-electron chi connectivity index (χ3n) is 3.88. The maximum atomic E-state index is 13.4. The molecule has 1 saturated heterocycles. The van der Waals surface area contributed by atoms with Gasteiger partial charge in [0.1, 0.15) is 5.82 Å². The van der Waals surface area contributed by atoms with Gasteiger partial charge in [-0.3, -0.25) is 4.79 Å². The van der Waals surface area contributed by atoms with Crippen molar-refractivity contribution in [1.29, 1.82) is 0 Å². The molecule has 1 fully saturated rings. The van der Waals surface area contributed by atoms with E-state index in [-0.39, 0.29) is 36.2 Å². The summed E-state index contributed by atoms with van der Waals surface area (Å²) in [5, 5.41) is 0. The third-order valence-corrected chi connectivity index (χ3v) is 3.88. The lowest BCUT2D eigenvalue weighted by Gasteiger charge is -2.25. The molecule has 3 nitrogen and oxygen atoms in total. The Balaban J connectivity index is 0.00000220. The van der Waals surface area contributed by atoms with Crippen molar-refractivity contribution in [3.05, 3.63) is 35.6 Å². The van der Waals surface area contributed by atoms with E-state index in [0.29, 0.717) is 18.8 Å². The molecule has 3 atom stereocenters. The molecule has 1 aliphatic heterocycles. The van der Waals surface area contributed by atoms with Gasteiger partial charge in [-0.25, -0.2) is 4.39 Å². The molecule has 0 saturated carbocycles. The van der Waals surface area contributed by atoms with E-state index < -0.39 is 0 Å². The summed E-state index contributed by atoms with van der Waals surface area (Å²) in [6.45, 7) is 4.79. The largest absolute Gasteiger partial charge is 0.335 e. The van der Waals surface area contributed by atoms with Crippen LogP contribution >= 0.6 is 12.4 Å². The molecule has 0 bridgehead atoms. The molecular weight excluding hydrogens is 291 g/mol. The van der Waals surface area contributed by atoms with Gasteiger partial charge < -0.3 is 10.6 Å².